The summed E-state index contributed by atoms with van der Waals surface area (Å²) in [6.45, 7) is 1.74. The second-order valence-electron chi connectivity index (χ2n) is 4.71. The monoisotopic (exact) mass is 288 g/mol. The summed E-state index contributed by atoms with van der Waals surface area (Å²) in [5, 5.41) is 3.57. The van der Waals surface area contributed by atoms with Crippen LogP contribution in [-0.4, -0.2) is 24.0 Å². The lowest BCUT2D eigenvalue weighted by molar-refractivity contribution is -0.141. The fourth-order valence-electron chi connectivity index (χ4n) is 1.93. The summed E-state index contributed by atoms with van der Waals surface area (Å²) in [5.41, 5.74) is 1.70. The van der Waals surface area contributed by atoms with Gasteiger partial charge in [0.1, 0.15) is 0 Å². The van der Waals surface area contributed by atoms with E-state index in [0.29, 0.717) is 16.8 Å². The molecule has 0 bridgehead atoms. The van der Waals surface area contributed by atoms with Crippen molar-refractivity contribution < 1.29 is 14.3 Å². The molecular weight excluding hydrogens is 272 g/mol. The van der Waals surface area contributed by atoms with Crippen LogP contribution in [0.3, 0.4) is 0 Å². The quantitative estimate of drug-likeness (QED) is 0.839. The fourth-order valence-corrected chi connectivity index (χ4v) is 1.93. The van der Waals surface area contributed by atoms with Gasteiger partial charge < -0.3 is 15.0 Å². The number of carbonyl (C=O) groups is 2. The van der Waals surface area contributed by atoms with E-state index in [9.17, 15) is 14.4 Å². The highest BCUT2D eigenvalue weighted by Gasteiger charge is 2.08. The van der Waals surface area contributed by atoms with E-state index in [1.54, 1.807) is 25.1 Å². The molecular formula is C15H16N2O4. The third-order valence-corrected chi connectivity index (χ3v) is 3.10. The van der Waals surface area contributed by atoms with Crippen LogP contribution in [0.1, 0.15) is 18.4 Å². The third kappa shape index (κ3) is 3.68. The van der Waals surface area contributed by atoms with Gasteiger partial charge in [-0.3, -0.25) is 14.4 Å². The molecule has 1 aromatic heterocycles. The van der Waals surface area contributed by atoms with Crippen molar-refractivity contribution in [3.05, 3.63) is 40.2 Å². The van der Waals surface area contributed by atoms with Gasteiger partial charge in [0.2, 0.25) is 5.91 Å². The van der Waals surface area contributed by atoms with Crippen molar-refractivity contribution in [2.45, 2.75) is 19.8 Å². The first-order valence-corrected chi connectivity index (χ1v) is 6.50. The van der Waals surface area contributed by atoms with E-state index >= 15 is 0 Å². The van der Waals surface area contributed by atoms with Crippen LogP contribution in [0.5, 0.6) is 0 Å². The minimum absolute atomic E-state index is 0.0337. The highest BCUT2D eigenvalue weighted by molar-refractivity contribution is 5.94. The number of aromatic nitrogens is 1. The maximum Gasteiger partial charge on any atom is 0.306 e. The van der Waals surface area contributed by atoms with E-state index in [0.717, 1.165) is 5.39 Å². The molecule has 6 nitrogen and oxygen atoms in total. The number of methoxy groups -OCH3 is 1. The molecule has 0 saturated carbocycles. The number of amides is 1. The van der Waals surface area contributed by atoms with Crippen LogP contribution < -0.4 is 10.9 Å². The Balaban J connectivity index is 2.12. The second kappa shape index (κ2) is 6.21. The van der Waals surface area contributed by atoms with Crippen LogP contribution >= 0.6 is 0 Å². The van der Waals surface area contributed by atoms with E-state index in [2.05, 4.69) is 15.0 Å². The lowest BCUT2D eigenvalue weighted by Crippen LogP contribution is -2.14. The molecule has 0 atom stereocenters. The Kier molecular flexibility index (Phi) is 4.37. The molecule has 2 rings (SSSR count). The molecule has 0 aliphatic heterocycles. The molecule has 1 aromatic carbocycles. The number of hydrogen-bond acceptors (Lipinski definition) is 4. The zero-order chi connectivity index (χ0) is 15.4. The van der Waals surface area contributed by atoms with E-state index in [4.69, 9.17) is 0 Å². The number of aryl methyl sites for hydroxylation is 1. The Bertz CT molecular complexity index is 749. The standard InChI is InChI=1S/C15H16N2O4/c1-9-7-10-3-4-11(8-12(10)17-15(9)20)16-13(18)5-6-14(19)21-2/h3-4,7-8H,5-6H2,1-2H3,(H,16,18)(H,17,20). The van der Waals surface area contributed by atoms with Crippen molar-refractivity contribution in [1.82, 2.24) is 4.98 Å². The van der Waals surface area contributed by atoms with Gasteiger partial charge in [-0.1, -0.05) is 6.07 Å². The summed E-state index contributed by atoms with van der Waals surface area (Å²) < 4.78 is 4.47. The zero-order valence-electron chi connectivity index (χ0n) is 11.9. The average Bonchev–Trinajstić information content (AvgIpc) is 2.46. The second-order valence-corrected chi connectivity index (χ2v) is 4.71. The molecule has 6 heteroatoms. The normalized spacial score (nSPS) is 10.4. The predicted octanol–water partition coefficient (Wildman–Crippen LogP) is 1.73. The van der Waals surface area contributed by atoms with Gasteiger partial charge in [-0.05, 0) is 30.5 Å². The van der Waals surface area contributed by atoms with Gasteiger partial charge in [0.05, 0.1) is 19.0 Å². The highest BCUT2D eigenvalue weighted by Crippen LogP contribution is 2.17. The molecule has 0 spiro atoms. The van der Waals surface area contributed by atoms with E-state index in [1.165, 1.54) is 7.11 Å². The van der Waals surface area contributed by atoms with Gasteiger partial charge in [0, 0.05) is 17.7 Å². The van der Waals surface area contributed by atoms with Gasteiger partial charge in [0.25, 0.3) is 5.56 Å². The van der Waals surface area contributed by atoms with Crippen molar-refractivity contribution in [3.8, 4) is 0 Å². The molecule has 2 aromatic rings. The summed E-state index contributed by atoms with van der Waals surface area (Å²) in [4.78, 5) is 37.0. The Morgan fingerprint density at radius 2 is 2.00 bits per heavy atom. The number of H-pyrrole nitrogens is 1. The zero-order valence-corrected chi connectivity index (χ0v) is 11.9. The molecule has 1 amide bonds. The molecule has 0 radical (unpaired) electrons. The number of benzene rings is 1. The van der Waals surface area contributed by atoms with Crippen LogP contribution in [0.15, 0.2) is 29.1 Å². The van der Waals surface area contributed by atoms with Crippen LogP contribution in [0, 0.1) is 6.92 Å². The first-order valence-electron chi connectivity index (χ1n) is 6.50. The van der Waals surface area contributed by atoms with Crippen LogP contribution in [0.4, 0.5) is 5.69 Å². The molecule has 0 fully saturated rings. The topological polar surface area (TPSA) is 88.3 Å². The Morgan fingerprint density at radius 3 is 2.71 bits per heavy atom. The molecule has 2 N–H and O–H groups in total. The summed E-state index contributed by atoms with van der Waals surface area (Å²) >= 11 is 0. The molecule has 0 unspecified atom stereocenters. The number of fused-ring (bicyclic) bond motifs is 1. The largest absolute Gasteiger partial charge is 0.469 e. The number of rotatable bonds is 4. The number of anilines is 1. The van der Waals surface area contributed by atoms with Crippen LogP contribution in [0.2, 0.25) is 0 Å². The third-order valence-electron chi connectivity index (χ3n) is 3.10. The number of ether oxygens (including phenoxy) is 1. The predicted molar refractivity (Wildman–Crippen MR) is 79.2 cm³/mol. The van der Waals surface area contributed by atoms with Gasteiger partial charge in [-0.15, -0.1) is 0 Å². The number of esters is 1. The molecule has 0 aliphatic rings. The lowest BCUT2D eigenvalue weighted by atomic mass is 10.1. The number of carbonyl (C=O) groups excluding carboxylic acids is 2. The number of nitrogens with one attached hydrogen (secondary N) is 2. The molecule has 0 aliphatic carbocycles. The average molecular weight is 288 g/mol. The maximum absolute atomic E-state index is 11.7. The minimum Gasteiger partial charge on any atom is -0.469 e. The lowest BCUT2D eigenvalue weighted by Gasteiger charge is -2.06. The van der Waals surface area contributed by atoms with Gasteiger partial charge in [0.15, 0.2) is 0 Å². The van der Waals surface area contributed by atoms with Crippen LogP contribution in [0.25, 0.3) is 10.9 Å². The molecule has 1 heterocycles. The Morgan fingerprint density at radius 1 is 1.24 bits per heavy atom. The number of pyridine rings is 1. The van der Waals surface area contributed by atoms with Gasteiger partial charge in [-0.2, -0.15) is 0 Å². The van der Waals surface area contributed by atoms with Gasteiger partial charge >= 0.3 is 5.97 Å². The molecule has 21 heavy (non-hydrogen) atoms. The number of aromatic amines is 1. The molecule has 0 saturated heterocycles. The van der Waals surface area contributed by atoms with Crippen molar-refractivity contribution in [3.63, 3.8) is 0 Å². The van der Waals surface area contributed by atoms with Crippen molar-refractivity contribution in [2.75, 3.05) is 12.4 Å². The summed E-state index contributed by atoms with van der Waals surface area (Å²) in [5.74, 6) is -0.710. The summed E-state index contributed by atoms with van der Waals surface area (Å²) in [6.07, 6.45) is 0.0844. The van der Waals surface area contributed by atoms with Crippen molar-refractivity contribution in [2.24, 2.45) is 0 Å². The smallest absolute Gasteiger partial charge is 0.306 e. The summed E-state index contributed by atoms with van der Waals surface area (Å²) in [6, 6.07) is 7.04. The van der Waals surface area contributed by atoms with Crippen LogP contribution in [-0.2, 0) is 14.3 Å². The SMILES string of the molecule is COC(=O)CCC(=O)Nc1ccc2cc(C)c(=O)[nH]c2c1. The minimum atomic E-state index is -0.427. The van der Waals surface area contributed by atoms with E-state index in [-0.39, 0.29) is 24.3 Å². The summed E-state index contributed by atoms with van der Waals surface area (Å²) in [7, 11) is 1.28. The Hall–Kier alpha value is -2.63. The molecule has 110 valence electrons. The Labute approximate surface area is 121 Å². The van der Waals surface area contributed by atoms with E-state index in [1.807, 2.05) is 6.07 Å². The maximum atomic E-state index is 11.7. The van der Waals surface area contributed by atoms with E-state index < -0.39 is 5.97 Å². The van der Waals surface area contributed by atoms with Gasteiger partial charge in [-0.25, -0.2) is 0 Å². The van der Waals surface area contributed by atoms with Crippen molar-refractivity contribution in [1.29, 1.82) is 0 Å². The number of hydrogen-bond donors (Lipinski definition) is 2. The highest BCUT2D eigenvalue weighted by atomic mass is 16.5. The van der Waals surface area contributed by atoms with Crippen molar-refractivity contribution >= 4 is 28.5 Å². The first kappa shape index (κ1) is 14.8. The fraction of sp³-hybridized carbons (Fsp3) is 0.267. The first-order chi connectivity index (χ1) is 9.99.